The van der Waals surface area contributed by atoms with Crippen molar-refractivity contribution in [3.8, 4) is 0 Å². The number of alkyl halides is 1. The molecular weight excluding hydrogens is 180 g/mol. The van der Waals surface area contributed by atoms with Gasteiger partial charge < -0.3 is 0 Å². The Bertz CT molecular complexity index is 122. The van der Waals surface area contributed by atoms with E-state index in [1.807, 2.05) is 0 Å². The summed E-state index contributed by atoms with van der Waals surface area (Å²) in [6, 6.07) is 0. The van der Waals surface area contributed by atoms with E-state index >= 15 is 0 Å². The Hall–Kier alpha value is 0.150. The molecule has 0 aliphatic heterocycles. The Morgan fingerprint density at radius 1 is 1.56 bits per heavy atom. The summed E-state index contributed by atoms with van der Waals surface area (Å²) in [7, 11) is 0. The van der Waals surface area contributed by atoms with Crippen molar-refractivity contribution in [2.75, 3.05) is 0 Å². The van der Waals surface area contributed by atoms with E-state index in [4.69, 9.17) is 0 Å². The van der Waals surface area contributed by atoms with Gasteiger partial charge >= 0.3 is 0 Å². The Labute approximate surface area is 64.0 Å². The highest BCUT2D eigenvalue weighted by atomic mass is 79.9. The van der Waals surface area contributed by atoms with Crippen molar-refractivity contribution in [2.24, 2.45) is 5.92 Å². The molecule has 52 valence electrons. The van der Waals surface area contributed by atoms with Crippen molar-refractivity contribution in [3.63, 3.8) is 0 Å². The van der Waals surface area contributed by atoms with Gasteiger partial charge in [-0.05, 0) is 18.8 Å². The number of rotatable bonds is 0. The molecule has 1 fully saturated rings. The summed E-state index contributed by atoms with van der Waals surface area (Å²) >= 11 is 3.33. The number of ketones is 1. The third-order valence-electron chi connectivity index (χ3n) is 1.81. The summed E-state index contributed by atoms with van der Waals surface area (Å²) in [4.78, 5) is 11.1. The molecule has 0 amide bonds. The van der Waals surface area contributed by atoms with Crippen molar-refractivity contribution in [2.45, 2.75) is 31.0 Å². The Morgan fingerprint density at radius 2 is 2.22 bits per heavy atom. The molecule has 0 aromatic heterocycles. The zero-order valence-electron chi connectivity index (χ0n) is 5.56. The third kappa shape index (κ3) is 1.78. The third-order valence-corrected chi connectivity index (χ3v) is 2.78. The van der Waals surface area contributed by atoms with Crippen molar-refractivity contribution in [1.29, 1.82) is 0 Å². The largest absolute Gasteiger partial charge is 0.298 e. The minimum atomic E-state index is 0.161. The number of hydrogen-bond acceptors (Lipinski definition) is 1. The van der Waals surface area contributed by atoms with Gasteiger partial charge in [0.2, 0.25) is 0 Å². The van der Waals surface area contributed by atoms with Gasteiger partial charge in [0.15, 0.2) is 0 Å². The molecule has 2 atom stereocenters. The maximum atomic E-state index is 11.0. The van der Waals surface area contributed by atoms with Crippen LogP contribution >= 0.6 is 15.9 Å². The molecule has 0 bridgehead atoms. The highest BCUT2D eigenvalue weighted by molar-refractivity contribution is 9.10. The summed E-state index contributed by atoms with van der Waals surface area (Å²) in [5.74, 6) is 1.00. The number of carbonyl (C=O) groups excluding carboxylic acids is 1. The van der Waals surface area contributed by atoms with Crippen LogP contribution in [0.25, 0.3) is 0 Å². The van der Waals surface area contributed by atoms with Crippen LogP contribution in [0.3, 0.4) is 0 Å². The van der Waals surface area contributed by atoms with E-state index in [0.717, 1.165) is 12.8 Å². The Kier molecular flexibility index (Phi) is 2.28. The SMILES string of the molecule is C[C@@H]1CC[C@@H](Br)C(=O)C1. The van der Waals surface area contributed by atoms with Gasteiger partial charge in [-0.3, -0.25) is 4.79 Å². The van der Waals surface area contributed by atoms with Crippen LogP contribution in [0.2, 0.25) is 0 Å². The van der Waals surface area contributed by atoms with Crippen LogP contribution in [0.5, 0.6) is 0 Å². The fourth-order valence-corrected chi connectivity index (χ4v) is 1.62. The second-order valence-corrected chi connectivity index (χ2v) is 3.93. The fourth-order valence-electron chi connectivity index (χ4n) is 1.17. The van der Waals surface area contributed by atoms with Gasteiger partial charge in [0.25, 0.3) is 0 Å². The molecule has 0 aromatic carbocycles. The maximum absolute atomic E-state index is 11.0. The molecule has 9 heavy (non-hydrogen) atoms. The van der Waals surface area contributed by atoms with Gasteiger partial charge in [-0.1, -0.05) is 22.9 Å². The molecular formula is C7H11BrO. The zero-order chi connectivity index (χ0) is 6.85. The molecule has 0 aromatic rings. The van der Waals surface area contributed by atoms with Gasteiger partial charge in [0.1, 0.15) is 5.78 Å². The summed E-state index contributed by atoms with van der Waals surface area (Å²) in [6.45, 7) is 2.14. The summed E-state index contributed by atoms with van der Waals surface area (Å²) in [5.41, 5.74) is 0. The van der Waals surface area contributed by atoms with Crippen LogP contribution in [-0.2, 0) is 4.79 Å². The van der Waals surface area contributed by atoms with Crippen molar-refractivity contribution in [1.82, 2.24) is 0 Å². The number of carbonyl (C=O) groups is 1. The topological polar surface area (TPSA) is 17.1 Å². The molecule has 1 aliphatic carbocycles. The molecule has 0 unspecified atom stereocenters. The van der Waals surface area contributed by atoms with E-state index in [2.05, 4.69) is 22.9 Å². The highest BCUT2D eigenvalue weighted by Gasteiger charge is 2.23. The highest BCUT2D eigenvalue weighted by Crippen LogP contribution is 2.25. The first-order valence-corrected chi connectivity index (χ1v) is 4.28. The molecule has 0 saturated heterocycles. The molecule has 1 aliphatic rings. The molecule has 0 N–H and O–H groups in total. The Morgan fingerprint density at radius 3 is 2.67 bits per heavy atom. The van der Waals surface area contributed by atoms with Gasteiger partial charge in [0, 0.05) is 6.42 Å². The van der Waals surface area contributed by atoms with Crippen LogP contribution in [-0.4, -0.2) is 10.6 Å². The number of hydrogen-bond donors (Lipinski definition) is 0. The van der Waals surface area contributed by atoms with E-state index in [9.17, 15) is 4.79 Å². The van der Waals surface area contributed by atoms with Gasteiger partial charge in [-0.2, -0.15) is 0 Å². The summed E-state index contributed by atoms with van der Waals surface area (Å²) in [6.07, 6.45) is 3.00. The molecule has 1 saturated carbocycles. The lowest BCUT2D eigenvalue weighted by molar-refractivity contribution is -0.120. The lowest BCUT2D eigenvalue weighted by atomic mass is 9.90. The lowest BCUT2D eigenvalue weighted by Gasteiger charge is -2.19. The predicted octanol–water partition coefficient (Wildman–Crippen LogP) is 2.14. The number of halogens is 1. The van der Waals surface area contributed by atoms with Gasteiger partial charge in [-0.15, -0.1) is 0 Å². The first-order valence-electron chi connectivity index (χ1n) is 3.37. The maximum Gasteiger partial charge on any atom is 0.146 e. The second kappa shape index (κ2) is 2.82. The molecule has 0 heterocycles. The monoisotopic (exact) mass is 190 g/mol. The van der Waals surface area contributed by atoms with Gasteiger partial charge in [0.05, 0.1) is 4.83 Å². The van der Waals surface area contributed by atoms with Crippen molar-refractivity contribution in [3.05, 3.63) is 0 Å². The second-order valence-electron chi connectivity index (χ2n) is 2.82. The average Bonchev–Trinajstić information content (AvgIpc) is 1.80. The van der Waals surface area contributed by atoms with Crippen LogP contribution in [0, 0.1) is 5.92 Å². The van der Waals surface area contributed by atoms with E-state index in [1.165, 1.54) is 6.42 Å². The van der Waals surface area contributed by atoms with Crippen molar-refractivity contribution >= 4 is 21.7 Å². The standard InChI is InChI=1S/C7H11BrO/c1-5-2-3-6(8)7(9)4-5/h5-6H,2-4H2,1H3/t5-,6-/m1/s1. The predicted molar refractivity (Wildman–Crippen MR) is 40.7 cm³/mol. The van der Waals surface area contributed by atoms with Crippen LogP contribution in [0.4, 0.5) is 0 Å². The van der Waals surface area contributed by atoms with Crippen LogP contribution in [0.1, 0.15) is 26.2 Å². The molecule has 0 spiro atoms. The fraction of sp³-hybridized carbons (Fsp3) is 0.857. The smallest absolute Gasteiger partial charge is 0.146 e. The van der Waals surface area contributed by atoms with E-state index in [-0.39, 0.29) is 4.83 Å². The molecule has 1 rings (SSSR count). The summed E-state index contributed by atoms with van der Waals surface area (Å²) in [5, 5.41) is 0. The van der Waals surface area contributed by atoms with E-state index < -0.39 is 0 Å². The van der Waals surface area contributed by atoms with Crippen LogP contribution in [0.15, 0.2) is 0 Å². The first-order chi connectivity index (χ1) is 4.20. The Balaban J connectivity index is 2.44. The van der Waals surface area contributed by atoms with E-state index in [0.29, 0.717) is 11.7 Å². The normalized spacial score (nSPS) is 36.9. The minimum absolute atomic E-state index is 0.161. The molecule has 1 nitrogen and oxygen atoms in total. The quantitative estimate of drug-likeness (QED) is 0.536. The lowest BCUT2D eigenvalue weighted by Crippen LogP contribution is -2.23. The van der Waals surface area contributed by atoms with Gasteiger partial charge in [-0.25, -0.2) is 0 Å². The average molecular weight is 191 g/mol. The van der Waals surface area contributed by atoms with E-state index in [1.54, 1.807) is 0 Å². The minimum Gasteiger partial charge on any atom is -0.298 e. The zero-order valence-corrected chi connectivity index (χ0v) is 7.15. The molecule has 2 heteroatoms. The first kappa shape index (κ1) is 7.26. The number of Topliss-reactive ketones (excluding diaryl/α,β-unsaturated/α-hetero) is 1. The molecule has 0 radical (unpaired) electrons. The van der Waals surface area contributed by atoms with Crippen molar-refractivity contribution < 1.29 is 4.79 Å². The summed E-state index contributed by atoms with van der Waals surface area (Å²) < 4.78 is 0. The van der Waals surface area contributed by atoms with Crippen LogP contribution < -0.4 is 0 Å².